The van der Waals surface area contributed by atoms with Crippen molar-refractivity contribution in [3.8, 4) is 16.2 Å². The molecule has 4 rings (SSSR count). The van der Waals surface area contributed by atoms with Gasteiger partial charge < -0.3 is 14.8 Å². The molecular formula is C25H31N3O2S2. The normalized spacial score (nSPS) is 15.3. The van der Waals surface area contributed by atoms with Gasteiger partial charge in [0, 0.05) is 12.2 Å². The van der Waals surface area contributed by atoms with Crippen LogP contribution < -0.4 is 14.8 Å². The lowest BCUT2D eigenvalue weighted by Gasteiger charge is -2.21. The first kappa shape index (κ1) is 22.8. The summed E-state index contributed by atoms with van der Waals surface area (Å²) in [7, 11) is 0.154. The Balaban J connectivity index is 1.53. The van der Waals surface area contributed by atoms with E-state index in [0.717, 1.165) is 45.0 Å². The minimum Gasteiger partial charge on any atom is -0.495 e. The standard InChI is InChI=1S/C25H31N3O2S2/c1-17-8-7-11-21(14-17)28-32(29)23-15-20(12-13-22(23)30-3)24-18(2)27-25(31-24)26-16-19-9-5-4-6-10-19/h7-8,11-15,19,28H,4-6,9-10,16H2,1-3H3,(H,26,27). The number of anilines is 2. The fourth-order valence-corrected chi connectivity index (χ4v) is 6.18. The highest BCUT2D eigenvalue weighted by Crippen LogP contribution is 2.36. The number of nitrogens with one attached hydrogen (secondary N) is 2. The highest BCUT2D eigenvalue weighted by molar-refractivity contribution is 7.86. The summed E-state index contributed by atoms with van der Waals surface area (Å²) in [5, 5.41) is 4.51. The molecule has 2 N–H and O–H groups in total. The molecule has 0 aliphatic heterocycles. The molecule has 1 heterocycles. The summed E-state index contributed by atoms with van der Waals surface area (Å²) in [5.41, 5.74) is 3.91. The van der Waals surface area contributed by atoms with Crippen LogP contribution in [-0.2, 0) is 11.0 Å². The third-order valence-electron chi connectivity index (χ3n) is 5.92. The SMILES string of the molecule is COc1ccc(-c2sc(NCC3CCCCC3)nc2C)cc1S(=O)Nc1cccc(C)c1. The number of rotatable bonds is 8. The number of ether oxygens (including phenoxy) is 1. The zero-order valence-corrected chi connectivity index (χ0v) is 20.6. The van der Waals surface area contributed by atoms with Crippen molar-refractivity contribution < 1.29 is 8.95 Å². The number of hydrogen-bond donors (Lipinski definition) is 2. The topological polar surface area (TPSA) is 63.2 Å². The van der Waals surface area contributed by atoms with Crippen LogP contribution in [0.15, 0.2) is 47.4 Å². The van der Waals surface area contributed by atoms with Crippen LogP contribution in [0.25, 0.3) is 10.4 Å². The lowest BCUT2D eigenvalue weighted by Crippen LogP contribution is -2.16. The average Bonchev–Trinajstić information content (AvgIpc) is 3.18. The first-order valence-corrected chi connectivity index (χ1v) is 13.1. The summed E-state index contributed by atoms with van der Waals surface area (Å²) >= 11 is 1.66. The van der Waals surface area contributed by atoms with Crippen LogP contribution in [-0.4, -0.2) is 22.8 Å². The maximum Gasteiger partial charge on any atom is 0.183 e. The number of methoxy groups -OCH3 is 1. The van der Waals surface area contributed by atoms with Gasteiger partial charge in [-0.05, 0) is 74.1 Å². The Bertz CT molecular complexity index is 1090. The van der Waals surface area contributed by atoms with E-state index < -0.39 is 11.0 Å². The molecule has 1 saturated carbocycles. The van der Waals surface area contributed by atoms with E-state index in [9.17, 15) is 4.21 Å². The minimum atomic E-state index is -1.45. The average molecular weight is 470 g/mol. The third-order valence-corrected chi connectivity index (χ3v) is 8.22. The fraction of sp³-hybridized carbons (Fsp3) is 0.400. The minimum absolute atomic E-state index is 0.602. The van der Waals surface area contributed by atoms with Crippen LogP contribution in [0.2, 0.25) is 0 Å². The number of aryl methyl sites for hydroxylation is 2. The first-order chi connectivity index (χ1) is 15.5. The number of aromatic nitrogens is 1. The molecule has 7 heteroatoms. The molecule has 0 radical (unpaired) electrons. The van der Waals surface area contributed by atoms with Crippen molar-refractivity contribution in [2.24, 2.45) is 5.92 Å². The second kappa shape index (κ2) is 10.5. The zero-order chi connectivity index (χ0) is 22.5. The molecule has 0 spiro atoms. The number of hydrogen-bond acceptors (Lipinski definition) is 5. The van der Waals surface area contributed by atoms with E-state index in [4.69, 9.17) is 9.72 Å². The van der Waals surface area contributed by atoms with Crippen LogP contribution >= 0.6 is 11.3 Å². The molecule has 0 bridgehead atoms. The van der Waals surface area contributed by atoms with Crippen molar-refractivity contribution in [2.45, 2.75) is 50.8 Å². The molecule has 0 saturated heterocycles. The van der Waals surface area contributed by atoms with Crippen LogP contribution in [0.3, 0.4) is 0 Å². The van der Waals surface area contributed by atoms with E-state index in [1.165, 1.54) is 32.1 Å². The van der Waals surface area contributed by atoms with E-state index in [0.29, 0.717) is 10.6 Å². The van der Waals surface area contributed by atoms with Gasteiger partial charge in [0.25, 0.3) is 0 Å². The second-order valence-corrected chi connectivity index (χ2v) is 10.6. The monoisotopic (exact) mass is 469 g/mol. The van der Waals surface area contributed by atoms with Gasteiger partial charge in [-0.25, -0.2) is 9.19 Å². The maximum absolute atomic E-state index is 13.2. The summed E-state index contributed by atoms with van der Waals surface area (Å²) in [6.45, 7) is 5.04. The smallest absolute Gasteiger partial charge is 0.183 e. The number of benzene rings is 2. The van der Waals surface area contributed by atoms with Gasteiger partial charge in [0.1, 0.15) is 10.6 Å². The number of nitrogens with zero attached hydrogens (tertiary/aromatic N) is 1. The van der Waals surface area contributed by atoms with Crippen molar-refractivity contribution >= 4 is 33.1 Å². The molecule has 1 aliphatic rings. The molecule has 1 fully saturated rings. The molecule has 170 valence electrons. The van der Waals surface area contributed by atoms with Gasteiger partial charge >= 0.3 is 0 Å². The second-order valence-electron chi connectivity index (χ2n) is 8.42. The Morgan fingerprint density at radius 2 is 1.94 bits per heavy atom. The highest BCUT2D eigenvalue weighted by atomic mass is 32.2. The lowest BCUT2D eigenvalue weighted by atomic mass is 9.89. The van der Waals surface area contributed by atoms with Crippen molar-refractivity contribution in [1.82, 2.24) is 4.98 Å². The van der Waals surface area contributed by atoms with Gasteiger partial charge in [0.05, 0.1) is 17.7 Å². The summed E-state index contributed by atoms with van der Waals surface area (Å²) in [6.07, 6.45) is 6.68. The molecule has 1 aromatic heterocycles. The molecule has 1 unspecified atom stereocenters. The summed E-state index contributed by atoms with van der Waals surface area (Å²) in [5.74, 6) is 1.35. The molecule has 1 atom stereocenters. The van der Waals surface area contributed by atoms with Crippen molar-refractivity contribution in [1.29, 1.82) is 0 Å². The summed E-state index contributed by atoms with van der Waals surface area (Å²) in [6, 6.07) is 13.7. The quantitative estimate of drug-likeness (QED) is 0.392. The van der Waals surface area contributed by atoms with Gasteiger partial charge in [-0.2, -0.15) is 0 Å². The highest BCUT2D eigenvalue weighted by Gasteiger charge is 2.18. The van der Waals surface area contributed by atoms with Crippen molar-refractivity contribution in [3.63, 3.8) is 0 Å². The molecule has 2 aromatic carbocycles. The third kappa shape index (κ3) is 5.51. The Morgan fingerprint density at radius 3 is 2.69 bits per heavy atom. The zero-order valence-electron chi connectivity index (χ0n) is 18.9. The Labute approximate surface area is 197 Å². The van der Waals surface area contributed by atoms with E-state index in [2.05, 4.69) is 10.0 Å². The van der Waals surface area contributed by atoms with Crippen molar-refractivity contribution in [2.75, 3.05) is 23.7 Å². The Morgan fingerprint density at radius 1 is 1.12 bits per heavy atom. The van der Waals surface area contributed by atoms with Gasteiger partial charge in [-0.3, -0.25) is 0 Å². The summed E-state index contributed by atoms with van der Waals surface area (Å²) < 4.78 is 21.8. The van der Waals surface area contributed by atoms with Crippen LogP contribution in [0.5, 0.6) is 5.75 Å². The van der Waals surface area contributed by atoms with Gasteiger partial charge in [0.2, 0.25) is 0 Å². The van der Waals surface area contributed by atoms with Crippen LogP contribution in [0.1, 0.15) is 43.4 Å². The largest absolute Gasteiger partial charge is 0.495 e. The van der Waals surface area contributed by atoms with E-state index in [1.54, 1.807) is 18.4 Å². The van der Waals surface area contributed by atoms with Gasteiger partial charge in [-0.15, -0.1) is 0 Å². The summed E-state index contributed by atoms with van der Waals surface area (Å²) in [4.78, 5) is 6.46. The Kier molecular flexibility index (Phi) is 7.48. The van der Waals surface area contributed by atoms with Crippen LogP contribution in [0, 0.1) is 19.8 Å². The Hall–Kier alpha value is -2.38. The fourth-order valence-electron chi connectivity index (χ4n) is 4.20. The maximum atomic E-state index is 13.2. The van der Waals surface area contributed by atoms with Crippen molar-refractivity contribution in [3.05, 3.63) is 53.7 Å². The van der Waals surface area contributed by atoms with E-state index >= 15 is 0 Å². The van der Waals surface area contributed by atoms with Gasteiger partial charge in [0.15, 0.2) is 16.1 Å². The molecule has 32 heavy (non-hydrogen) atoms. The number of thiazole rings is 1. The first-order valence-electron chi connectivity index (χ1n) is 11.2. The lowest BCUT2D eigenvalue weighted by molar-refractivity contribution is 0.373. The van der Waals surface area contributed by atoms with E-state index in [-0.39, 0.29) is 0 Å². The predicted octanol–water partition coefficient (Wildman–Crippen LogP) is 6.56. The van der Waals surface area contributed by atoms with Gasteiger partial charge in [-0.1, -0.05) is 42.7 Å². The molecular weight excluding hydrogens is 438 g/mol. The van der Waals surface area contributed by atoms with E-state index in [1.807, 2.05) is 56.3 Å². The molecule has 3 aromatic rings. The molecule has 0 amide bonds. The van der Waals surface area contributed by atoms with Crippen LogP contribution in [0.4, 0.5) is 10.8 Å². The predicted molar refractivity (Wildman–Crippen MR) is 135 cm³/mol. The molecule has 1 aliphatic carbocycles. The molecule has 5 nitrogen and oxygen atoms in total.